The van der Waals surface area contributed by atoms with E-state index in [0.717, 1.165) is 47.2 Å². The minimum absolute atomic E-state index is 0.504. The van der Waals surface area contributed by atoms with Gasteiger partial charge in [-0.05, 0) is 43.7 Å². The fourth-order valence-electron chi connectivity index (χ4n) is 3.04. The van der Waals surface area contributed by atoms with E-state index in [0.29, 0.717) is 12.5 Å². The highest BCUT2D eigenvalue weighted by Gasteiger charge is 2.06. The Hall–Kier alpha value is -2.96. The summed E-state index contributed by atoms with van der Waals surface area (Å²) in [6, 6.07) is 16.4. The lowest BCUT2D eigenvalue weighted by Gasteiger charge is -2.07. The lowest BCUT2D eigenvalue weighted by molar-refractivity contribution is 0.302. The monoisotopic (exact) mass is 419 g/mol. The number of rotatable bonds is 9. The maximum atomic E-state index is 5.79. The summed E-state index contributed by atoms with van der Waals surface area (Å²) in [5.41, 5.74) is 5.38. The smallest absolute Gasteiger partial charge is 0.226 e. The third-order valence-corrected chi connectivity index (χ3v) is 5.54. The summed E-state index contributed by atoms with van der Waals surface area (Å²) in [5, 5.41) is 6.55. The summed E-state index contributed by atoms with van der Waals surface area (Å²) in [6.45, 7) is 6.21. The van der Waals surface area contributed by atoms with Gasteiger partial charge in [-0.2, -0.15) is 0 Å². The normalized spacial score (nSPS) is 11.0. The summed E-state index contributed by atoms with van der Waals surface area (Å²) in [7, 11) is 0. The first-order valence-corrected chi connectivity index (χ1v) is 10.9. The van der Waals surface area contributed by atoms with Crippen LogP contribution >= 0.6 is 11.3 Å². The summed E-state index contributed by atoms with van der Waals surface area (Å²) in [6.07, 6.45) is 2.57. The predicted octanol–water partition coefficient (Wildman–Crippen LogP) is 5.33. The molecule has 0 saturated carbocycles. The van der Waals surface area contributed by atoms with Gasteiger partial charge in [0, 0.05) is 30.5 Å². The second kappa shape index (κ2) is 9.69. The molecule has 0 atom stereocenters. The van der Waals surface area contributed by atoms with Crippen molar-refractivity contribution in [3.63, 3.8) is 0 Å². The molecule has 6 heteroatoms. The zero-order valence-electron chi connectivity index (χ0n) is 17.2. The Morgan fingerprint density at radius 1 is 0.967 bits per heavy atom. The Morgan fingerprint density at radius 3 is 2.50 bits per heavy atom. The molecule has 30 heavy (non-hydrogen) atoms. The summed E-state index contributed by atoms with van der Waals surface area (Å²) in [5.74, 6) is 1.53. The molecular formula is C24H25N3O2S. The molecule has 0 aliphatic carbocycles. The zero-order chi connectivity index (χ0) is 20.8. The third-order valence-electron chi connectivity index (χ3n) is 4.71. The maximum absolute atomic E-state index is 5.79. The molecule has 0 fully saturated rings. The Bertz CT molecular complexity index is 1070. The molecule has 4 rings (SSSR count). The van der Waals surface area contributed by atoms with E-state index in [9.17, 15) is 0 Å². The number of benzene rings is 2. The van der Waals surface area contributed by atoms with Gasteiger partial charge in [0.05, 0.1) is 16.4 Å². The Kier molecular flexibility index (Phi) is 6.57. The van der Waals surface area contributed by atoms with Crippen LogP contribution in [0.15, 0.2) is 64.6 Å². The first-order chi connectivity index (χ1) is 14.7. The summed E-state index contributed by atoms with van der Waals surface area (Å²) < 4.78 is 11.4. The minimum atomic E-state index is 0.504. The van der Waals surface area contributed by atoms with Crippen LogP contribution in [0.1, 0.15) is 27.5 Å². The Balaban J connectivity index is 1.19. The summed E-state index contributed by atoms with van der Waals surface area (Å²) >= 11 is 1.64. The molecular weight excluding hydrogens is 394 g/mol. The van der Waals surface area contributed by atoms with Crippen molar-refractivity contribution in [3.05, 3.63) is 87.7 Å². The molecule has 4 aromatic rings. The van der Waals surface area contributed by atoms with Gasteiger partial charge in [-0.3, -0.25) is 0 Å². The molecule has 0 bridgehead atoms. The zero-order valence-corrected chi connectivity index (χ0v) is 18.0. The van der Waals surface area contributed by atoms with Gasteiger partial charge in [0.1, 0.15) is 18.6 Å². The number of oxazole rings is 1. The molecule has 2 aromatic heterocycles. The van der Waals surface area contributed by atoms with Gasteiger partial charge in [0.2, 0.25) is 5.89 Å². The van der Waals surface area contributed by atoms with Crippen LogP contribution in [0.25, 0.3) is 11.5 Å². The highest BCUT2D eigenvalue weighted by atomic mass is 32.1. The Morgan fingerprint density at radius 2 is 1.77 bits per heavy atom. The van der Waals surface area contributed by atoms with Gasteiger partial charge in [-0.15, -0.1) is 11.3 Å². The van der Waals surface area contributed by atoms with Crippen LogP contribution in [0.5, 0.6) is 5.75 Å². The standard InChI is InChI=1S/C24H25N3O2S/c1-17-3-7-20(8-4-17)24-27-21(14-29-24)11-12-25-13-19-5-9-23(10-6-19)28-15-22-16-30-18(2)26-22/h3-10,14,16,25H,11-13,15H2,1-2H3. The molecule has 0 saturated heterocycles. The quantitative estimate of drug-likeness (QED) is 0.372. The van der Waals surface area contributed by atoms with E-state index in [1.54, 1.807) is 17.6 Å². The fraction of sp³-hybridized carbons (Fsp3) is 0.250. The van der Waals surface area contributed by atoms with Crippen molar-refractivity contribution in [1.29, 1.82) is 0 Å². The molecule has 0 spiro atoms. The van der Waals surface area contributed by atoms with E-state index in [2.05, 4.69) is 46.5 Å². The minimum Gasteiger partial charge on any atom is -0.487 e. The molecule has 0 radical (unpaired) electrons. The van der Waals surface area contributed by atoms with E-state index in [-0.39, 0.29) is 0 Å². The highest BCUT2D eigenvalue weighted by Crippen LogP contribution is 2.19. The SMILES string of the molecule is Cc1ccc(-c2nc(CCNCc3ccc(OCc4csc(C)n4)cc3)co2)cc1. The number of hydrogen-bond donors (Lipinski definition) is 1. The topological polar surface area (TPSA) is 60.2 Å². The van der Waals surface area contributed by atoms with Crippen molar-refractivity contribution in [2.75, 3.05) is 6.54 Å². The Labute approximate surface area is 180 Å². The maximum Gasteiger partial charge on any atom is 0.226 e. The van der Waals surface area contributed by atoms with Crippen LogP contribution < -0.4 is 10.1 Å². The number of aryl methyl sites for hydroxylation is 2. The van der Waals surface area contributed by atoms with Gasteiger partial charge in [-0.1, -0.05) is 29.8 Å². The van der Waals surface area contributed by atoms with E-state index < -0.39 is 0 Å². The molecule has 1 N–H and O–H groups in total. The van der Waals surface area contributed by atoms with Crippen molar-refractivity contribution in [1.82, 2.24) is 15.3 Å². The van der Waals surface area contributed by atoms with Gasteiger partial charge < -0.3 is 14.5 Å². The first kappa shape index (κ1) is 20.3. The second-order valence-electron chi connectivity index (χ2n) is 7.23. The van der Waals surface area contributed by atoms with Gasteiger partial charge >= 0.3 is 0 Å². The van der Waals surface area contributed by atoms with Gasteiger partial charge in [0.25, 0.3) is 0 Å². The van der Waals surface area contributed by atoms with Crippen LogP contribution in [0.4, 0.5) is 0 Å². The average molecular weight is 420 g/mol. The molecule has 0 unspecified atom stereocenters. The summed E-state index contributed by atoms with van der Waals surface area (Å²) in [4.78, 5) is 9.00. The number of nitrogens with one attached hydrogen (secondary N) is 1. The van der Waals surface area contributed by atoms with Crippen LogP contribution in [0, 0.1) is 13.8 Å². The molecule has 0 aliphatic heterocycles. The number of nitrogens with zero attached hydrogens (tertiary/aromatic N) is 2. The number of ether oxygens (including phenoxy) is 1. The van der Waals surface area contributed by atoms with Crippen LogP contribution in [-0.4, -0.2) is 16.5 Å². The predicted molar refractivity (Wildman–Crippen MR) is 120 cm³/mol. The van der Waals surface area contributed by atoms with E-state index in [1.165, 1.54) is 11.1 Å². The molecule has 2 aromatic carbocycles. The number of aromatic nitrogens is 2. The van der Waals surface area contributed by atoms with Gasteiger partial charge in [0.15, 0.2) is 0 Å². The van der Waals surface area contributed by atoms with E-state index in [4.69, 9.17) is 9.15 Å². The second-order valence-corrected chi connectivity index (χ2v) is 8.29. The van der Waals surface area contributed by atoms with E-state index >= 15 is 0 Å². The van der Waals surface area contributed by atoms with Crippen LogP contribution in [-0.2, 0) is 19.6 Å². The fourth-order valence-corrected chi connectivity index (χ4v) is 3.63. The molecule has 0 amide bonds. The van der Waals surface area contributed by atoms with Crippen LogP contribution in [0.3, 0.4) is 0 Å². The average Bonchev–Trinajstić information content (AvgIpc) is 3.40. The lowest BCUT2D eigenvalue weighted by Crippen LogP contribution is -2.16. The van der Waals surface area contributed by atoms with Crippen molar-refractivity contribution >= 4 is 11.3 Å². The molecule has 154 valence electrons. The third kappa shape index (κ3) is 5.55. The first-order valence-electron chi connectivity index (χ1n) is 10.0. The van der Waals surface area contributed by atoms with Crippen molar-refractivity contribution in [3.8, 4) is 17.2 Å². The van der Waals surface area contributed by atoms with Crippen LogP contribution in [0.2, 0.25) is 0 Å². The molecule has 5 nitrogen and oxygen atoms in total. The van der Waals surface area contributed by atoms with E-state index in [1.807, 2.05) is 36.6 Å². The van der Waals surface area contributed by atoms with Gasteiger partial charge in [-0.25, -0.2) is 9.97 Å². The molecule has 2 heterocycles. The molecule has 0 aliphatic rings. The number of thiazole rings is 1. The lowest BCUT2D eigenvalue weighted by atomic mass is 10.1. The largest absolute Gasteiger partial charge is 0.487 e. The van der Waals surface area contributed by atoms with Crippen molar-refractivity contribution in [2.45, 2.75) is 33.4 Å². The van der Waals surface area contributed by atoms with Crippen molar-refractivity contribution in [2.24, 2.45) is 0 Å². The van der Waals surface area contributed by atoms with Crippen molar-refractivity contribution < 1.29 is 9.15 Å². The number of hydrogen-bond acceptors (Lipinski definition) is 6. The highest BCUT2D eigenvalue weighted by molar-refractivity contribution is 7.09.